The van der Waals surface area contributed by atoms with E-state index in [0.717, 1.165) is 13.2 Å². The first kappa shape index (κ1) is 27.6. The summed E-state index contributed by atoms with van der Waals surface area (Å²) in [4.78, 5) is 0. The second kappa shape index (κ2) is 10.8. The maximum Gasteiger partial charge on any atom is 0.0558 e. The molecule has 0 saturated heterocycles. The van der Waals surface area contributed by atoms with Crippen LogP contribution >= 0.6 is 0 Å². The zero-order chi connectivity index (χ0) is 25.1. The molecule has 0 spiro atoms. The summed E-state index contributed by atoms with van der Waals surface area (Å²) < 4.78 is 6.43. The van der Waals surface area contributed by atoms with Gasteiger partial charge in [-0.05, 0) is 57.1 Å². The van der Waals surface area contributed by atoms with Gasteiger partial charge in [-0.15, -0.1) is 0 Å². The van der Waals surface area contributed by atoms with Crippen LogP contribution in [0.4, 0.5) is 0 Å². The third-order valence-corrected chi connectivity index (χ3v) is 7.15. The molecule has 0 aliphatic rings. The molecule has 2 rings (SSSR count). The van der Waals surface area contributed by atoms with Gasteiger partial charge in [-0.2, -0.15) is 0 Å². The summed E-state index contributed by atoms with van der Waals surface area (Å²) in [5.74, 6) is 2.16. The second-order valence-electron chi connectivity index (χ2n) is 12.6. The van der Waals surface area contributed by atoms with Crippen LogP contribution in [-0.4, -0.2) is 13.2 Å². The van der Waals surface area contributed by atoms with Gasteiger partial charge in [-0.1, -0.05) is 119 Å². The number of ether oxygens (including phenoxy) is 1. The van der Waals surface area contributed by atoms with Gasteiger partial charge in [0.05, 0.1) is 13.2 Å². The maximum absolute atomic E-state index is 6.43. The summed E-state index contributed by atoms with van der Waals surface area (Å²) in [6.45, 7) is 29.0. The van der Waals surface area contributed by atoms with Crippen LogP contribution in [0, 0.1) is 0 Å². The second-order valence-corrected chi connectivity index (χ2v) is 12.6. The Kier molecular flexibility index (Phi) is 9.02. The molecule has 0 N–H and O–H groups in total. The van der Waals surface area contributed by atoms with Gasteiger partial charge in [0.1, 0.15) is 0 Å². The largest absolute Gasteiger partial charge is 0.380 e. The molecule has 0 fully saturated rings. The van der Waals surface area contributed by atoms with Crippen LogP contribution in [-0.2, 0) is 15.6 Å². The first-order valence-electron chi connectivity index (χ1n) is 13.0. The highest BCUT2D eigenvalue weighted by molar-refractivity contribution is 5.40. The van der Waals surface area contributed by atoms with Gasteiger partial charge in [0.2, 0.25) is 0 Å². The third kappa shape index (κ3) is 6.72. The van der Waals surface area contributed by atoms with Gasteiger partial charge in [-0.25, -0.2) is 0 Å². The predicted octanol–water partition coefficient (Wildman–Crippen LogP) is 9.45. The summed E-state index contributed by atoms with van der Waals surface area (Å²) in [5.41, 5.74) is 8.58. The Labute approximate surface area is 205 Å². The number of benzene rings is 2. The molecule has 0 saturated carbocycles. The average Bonchev–Trinajstić information content (AvgIpc) is 2.72. The number of hydrogen-bond donors (Lipinski definition) is 0. The molecule has 1 nitrogen and oxygen atoms in total. The Morgan fingerprint density at radius 3 is 1.09 bits per heavy atom. The Bertz CT molecular complexity index is 837. The van der Waals surface area contributed by atoms with Crippen LogP contribution in [0.5, 0.6) is 0 Å². The van der Waals surface area contributed by atoms with Crippen LogP contribution in [0.2, 0.25) is 0 Å². The standard InChI is InChI=1S/C32H50O/c1-21(2)27-15-13-25(17-29(27)23(5)6)31(9,10)19-33-20-32(11,12)26-14-16-28(22(3)4)30(18-26)24(7)8/h13-18,21-24H,19-20H2,1-12H3. The van der Waals surface area contributed by atoms with E-state index in [1.807, 2.05) is 0 Å². The van der Waals surface area contributed by atoms with Crippen molar-refractivity contribution >= 4 is 0 Å². The molecule has 0 radical (unpaired) electrons. The summed E-state index contributed by atoms with van der Waals surface area (Å²) in [7, 11) is 0. The Hall–Kier alpha value is -1.60. The summed E-state index contributed by atoms with van der Waals surface area (Å²) >= 11 is 0. The highest BCUT2D eigenvalue weighted by Crippen LogP contribution is 2.34. The van der Waals surface area contributed by atoms with Crippen molar-refractivity contribution in [3.05, 3.63) is 69.8 Å². The normalized spacial score (nSPS) is 13.1. The van der Waals surface area contributed by atoms with Crippen molar-refractivity contribution in [2.24, 2.45) is 0 Å². The molecular formula is C32H50O. The number of hydrogen-bond acceptors (Lipinski definition) is 1. The molecule has 2 aromatic carbocycles. The summed E-state index contributed by atoms with van der Waals surface area (Å²) in [6.07, 6.45) is 0. The fraction of sp³-hybridized carbons (Fsp3) is 0.625. The highest BCUT2D eigenvalue weighted by Gasteiger charge is 2.27. The van der Waals surface area contributed by atoms with Gasteiger partial charge in [-0.3, -0.25) is 0 Å². The summed E-state index contributed by atoms with van der Waals surface area (Å²) in [6, 6.07) is 14.2. The Morgan fingerprint density at radius 1 is 0.515 bits per heavy atom. The van der Waals surface area contributed by atoms with E-state index in [9.17, 15) is 0 Å². The van der Waals surface area contributed by atoms with E-state index in [4.69, 9.17) is 4.74 Å². The van der Waals surface area contributed by atoms with Gasteiger partial charge < -0.3 is 4.74 Å². The minimum absolute atomic E-state index is 0.0280. The maximum atomic E-state index is 6.43. The first-order chi connectivity index (χ1) is 15.2. The molecule has 184 valence electrons. The van der Waals surface area contributed by atoms with Crippen LogP contribution in [0.3, 0.4) is 0 Å². The van der Waals surface area contributed by atoms with E-state index in [2.05, 4.69) is 119 Å². The lowest BCUT2D eigenvalue weighted by Gasteiger charge is -2.31. The quantitative estimate of drug-likeness (QED) is 0.350. The zero-order valence-electron chi connectivity index (χ0n) is 23.6. The van der Waals surface area contributed by atoms with Crippen molar-refractivity contribution < 1.29 is 4.74 Å². The van der Waals surface area contributed by atoms with E-state index >= 15 is 0 Å². The van der Waals surface area contributed by atoms with E-state index in [0.29, 0.717) is 23.7 Å². The molecule has 0 bridgehead atoms. The molecular weight excluding hydrogens is 400 g/mol. The van der Waals surface area contributed by atoms with Crippen molar-refractivity contribution in [1.29, 1.82) is 0 Å². The molecule has 0 amide bonds. The zero-order valence-corrected chi connectivity index (χ0v) is 23.6. The van der Waals surface area contributed by atoms with Gasteiger partial charge >= 0.3 is 0 Å². The minimum atomic E-state index is -0.0280. The molecule has 1 heteroatoms. The van der Waals surface area contributed by atoms with Crippen molar-refractivity contribution in [1.82, 2.24) is 0 Å². The average molecular weight is 451 g/mol. The molecule has 0 atom stereocenters. The lowest BCUT2D eigenvalue weighted by atomic mass is 9.80. The van der Waals surface area contributed by atoms with E-state index in [1.165, 1.54) is 33.4 Å². The minimum Gasteiger partial charge on any atom is -0.380 e. The Balaban J connectivity index is 2.18. The first-order valence-corrected chi connectivity index (χ1v) is 13.0. The molecule has 33 heavy (non-hydrogen) atoms. The fourth-order valence-corrected chi connectivity index (χ4v) is 4.77. The third-order valence-electron chi connectivity index (χ3n) is 7.15. The lowest BCUT2D eigenvalue weighted by molar-refractivity contribution is 0.0633. The van der Waals surface area contributed by atoms with Crippen LogP contribution in [0.1, 0.15) is 140 Å². The van der Waals surface area contributed by atoms with Crippen molar-refractivity contribution in [3.63, 3.8) is 0 Å². The molecule has 0 aliphatic carbocycles. The smallest absolute Gasteiger partial charge is 0.0558 e. The molecule has 0 heterocycles. The SMILES string of the molecule is CC(C)c1ccc(C(C)(C)COCC(C)(C)c2ccc(C(C)C)c(C(C)C)c2)cc1C(C)C. The van der Waals surface area contributed by atoms with Gasteiger partial charge in [0.15, 0.2) is 0 Å². The summed E-state index contributed by atoms with van der Waals surface area (Å²) in [5, 5.41) is 0. The van der Waals surface area contributed by atoms with Crippen LogP contribution < -0.4 is 0 Å². The lowest BCUT2D eigenvalue weighted by Crippen LogP contribution is -2.30. The fourth-order valence-electron chi connectivity index (χ4n) is 4.77. The molecule has 0 aliphatic heterocycles. The van der Waals surface area contributed by atoms with Crippen molar-refractivity contribution in [2.45, 2.75) is 118 Å². The van der Waals surface area contributed by atoms with E-state index < -0.39 is 0 Å². The molecule has 2 aromatic rings. The predicted molar refractivity (Wildman–Crippen MR) is 146 cm³/mol. The van der Waals surface area contributed by atoms with Crippen LogP contribution in [0.15, 0.2) is 36.4 Å². The number of rotatable bonds is 10. The topological polar surface area (TPSA) is 9.23 Å². The van der Waals surface area contributed by atoms with E-state index in [1.54, 1.807) is 0 Å². The van der Waals surface area contributed by atoms with Crippen LogP contribution in [0.25, 0.3) is 0 Å². The van der Waals surface area contributed by atoms with Crippen molar-refractivity contribution in [2.75, 3.05) is 13.2 Å². The van der Waals surface area contributed by atoms with Gasteiger partial charge in [0, 0.05) is 10.8 Å². The van der Waals surface area contributed by atoms with E-state index in [-0.39, 0.29) is 10.8 Å². The monoisotopic (exact) mass is 450 g/mol. The van der Waals surface area contributed by atoms with Crippen molar-refractivity contribution in [3.8, 4) is 0 Å². The molecule has 0 unspecified atom stereocenters. The molecule has 0 aromatic heterocycles. The van der Waals surface area contributed by atoms with Gasteiger partial charge in [0.25, 0.3) is 0 Å². The Morgan fingerprint density at radius 2 is 0.818 bits per heavy atom. The highest BCUT2D eigenvalue weighted by atomic mass is 16.5.